The van der Waals surface area contributed by atoms with E-state index in [1.165, 1.54) is 12.3 Å². The molecule has 0 saturated heterocycles. The summed E-state index contributed by atoms with van der Waals surface area (Å²) in [7, 11) is 0. The van der Waals surface area contributed by atoms with Crippen molar-refractivity contribution in [2.24, 2.45) is 0 Å². The molecule has 6 nitrogen and oxygen atoms in total. The number of rotatable bonds is 3. The predicted octanol–water partition coefficient (Wildman–Crippen LogP) is 4.49. The highest BCUT2D eigenvalue weighted by Gasteiger charge is 2.27. The van der Waals surface area contributed by atoms with Crippen molar-refractivity contribution >= 4 is 27.8 Å². The van der Waals surface area contributed by atoms with E-state index in [9.17, 15) is 14.0 Å². The number of ether oxygens (including phenoxy) is 2. The average molecular weight is 418 g/mol. The second-order valence-corrected chi connectivity index (χ2v) is 7.53. The van der Waals surface area contributed by atoms with Crippen molar-refractivity contribution in [3.63, 3.8) is 0 Å². The molecule has 0 bridgehead atoms. The Morgan fingerprint density at radius 1 is 1.32 bits per heavy atom. The number of carbonyl (C=O) groups excluding carboxylic acids is 1. The van der Waals surface area contributed by atoms with Crippen LogP contribution in [-0.2, 0) is 4.74 Å². The lowest BCUT2D eigenvalue weighted by Gasteiger charge is -2.28. The van der Waals surface area contributed by atoms with Gasteiger partial charge in [-0.05, 0) is 49.7 Å². The highest BCUT2D eigenvalue weighted by molar-refractivity contribution is 5.99. The van der Waals surface area contributed by atoms with Crippen LogP contribution in [0.15, 0.2) is 53.6 Å². The zero-order chi connectivity index (χ0) is 21.7. The van der Waals surface area contributed by atoms with Gasteiger partial charge < -0.3 is 14.0 Å². The van der Waals surface area contributed by atoms with Gasteiger partial charge in [-0.25, -0.2) is 9.18 Å². The molecule has 0 saturated carbocycles. The van der Waals surface area contributed by atoms with Crippen LogP contribution in [0.1, 0.15) is 30.2 Å². The van der Waals surface area contributed by atoms with Gasteiger partial charge in [-0.2, -0.15) is 0 Å². The summed E-state index contributed by atoms with van der Waals surface area (Å²) in [6.07, 6.45) is 3.09. The average Bonchev–Trinajstić information content (AvgIpc) is 2.77. The SMILES string of the molecule is CCOC(=O)c1cn2c3c(c(-c4cc(F)c5ncccc5c4)ccc3c1=O)OC[C@@H]2C. The Labute approximate surface area is 176 Å². The Morgan fingerprint density at radius 2 is 2.16 bits per heavy atom. The maximum Gasteiger partial charge on any atom is 0.343 e. The summed E-state index contributed by atoms with van der Waals surface area (Å²) in [6.45, 7) is 4.17. The summed E-state index contributed by atoms with van der Waals surface area (Å²) < 4.78 is 27.7. The minimum Gasteiger partial charge on any atom is -0.489 e. The van der Waals surface area contributed by atoms with Gasteiger partial charge in [0.05, 0.1) is 23.6 Å². The van der Waals surface area contributed by atoms with E-state index >= 15 is 0 Å². The van der Waals surface area contributed by atoms with Crippen LogP contribution in [0.25, 0.3) is 32.9 Å². The molecule has 0 spiro atoms. The van der Waals surface area contributed by atoms with Crippen molar-refractivity contribution in [3.05, 3.63) is 70.4 Å². The highest BCUT2D eigenvalue weighted by Crippen LogP contribution is 2.41. The van der Waals surface area contributed by atoms with E-state index in [1.807, 2.05) is 17.6 Å². The molecule has 5 rings (SSSR count). The Morgan fingerprint density at radius 3 is 2.97 bits per heavy atom. The molecule has 2 aromatic heterocycles. The molecule has 0 amide bonds. The number of nitrogens with zero attached hydrogens (tertiary/aromatic N) is 2. The monoisotopic (exact) mass is 418 g/mol. The number of hydrogen-bond acceptors (Lipinski definition) is 5. The smallest absolute Gasteiger partial charge is 0.343 e. The van der Waals surface area contributed by atoms with E-state index in [4.69, 9.17) is 9.47 Å². The summed E-state index contributed by atoms with van der Waals surface area (Å²) in [5.41, 5.74) is 1.75. The van der Waals surface area contributed by atoms with Crippen molar-refractivity contribution in [1.82, 2.24) is 9.55 Å². The van der Waals surface area contributed by atoms with Gasteiger partial charge in [0.15, 0.2) is 5.75 Å². The lowest BCUT2D eigenvalue weighted by Crippen LogP contribution is -2.27. The number of aromatic nitrogens is 2. The Kier molecular flexibility index (Phi) is 4.46. The second kappa shape index (κ2) is 7.19. The molecule has 156 valence electrons. The molecular formula is C24H19FN2O4. The van der Waals surface area contributed by atoms with E-state index in [0.717, 1.165) is 0 Å². The van der Waals surface area contributed by atoms with Gasteiger partial charge in [-0.1, -0.05) is 6.07 Å². The molecule has 0 fully saturated rings. The van der Waals surface area contributed by atoms with Crippen LogP contribution < -0.4 is 10.2 Å². The maximum atomic E-state index is 14.7. The van der Waals surface area contributed by atoms with Gasteiger partial charge in [0.1, 0.15) is 23.5 Å². The highest BCUT2D eigenvalue weighted by atomic mass is 19.1. The minimum absolute atomic E-state index is 0.00961. The number of hydrogen-bond donors (Lipinski definition) is 0. The molecule has 0 radical (unpaired) electrons. The van der Waals surface area contributed by atoms with E-state index in [2.05, 4.69) is 4.98 Å². The molecule has 1 aliphatic heterocycles. The number of benzene rings is 2. The molecule has 2 aromatic carbocycles. The van der Waals surface area contributed by atoms with Gasteiger partial charge in [0, 0.05) is 23.3 Å². The molecule has 3 heterocycles. The number of esters is 1. The molecule has 4 aromatic rings. The lowest BCUT2D eigenvalue weighted by atomic mass is 9.98. The number of pyridine rings is 2. The summed E-state index contributed by atoms with van der Waals surface area (Å²) in [6, 6.07) is 10.1. The minimum atomic E-state index is -0.647. The fraction of sp³-hybridized carbons (Fsp3) is 0.208. The van der Waals surface area contributed by atoms with Gasteiger partial charge >= 0.3 is 5.97 Å². The first-order chi connectivity index (χ1) is 15.0. The van der Waals surface area contributed by atoms with Crippen molar-refractivity contribution in [1.29, 1.82) is 0 Å². The molecular weight excluding hydrogens is 399 g/mol. The Balaban J connectivity index is 1.80. The van der Waals surface area contributed by atoms with Gasteiger partial charge in [0.2, 0.25) is 5.43 Å². The van der Waals surface area contributed by atoms with Crippen LogP contribution in [0.2, 0.25) is 0 Å². The van der Waals surface area contributed by atoms with Crippen LogP contribution in [-0.4, -0.2) is 28.7 Å². The maximum absolute atomic E-state index is 14.7. The first-order valence-corrected chi connectivity index (χ1v) is 10.1. The van der Waals surface area contributed by atoms with Gasteiger partial charge in [-0.15, -0.1) is 0 Å². The van der Waals surface area contributed by atoms with E-state index < -0.39 is 17.2 Å². The van der Waals surface area contributed by atoms with Crippen molar-refractivity contribution in [2.45, 2.75) is 19.9 Å². The Bertz CT molecular complexity index is 1430. The number of carbonyl (C=O) groups is 1. The lowest BCUT2D eigenvalue weighted by molar-refractivity contribution is 0.0523. The fourth-order valence-electron chi connectivity index (χ4n) is 4.08. The largest absolute Gasteiger partial charge is 0.489 e. The van der Waals surface area contributed by atoms with Crippen LogP contribution in [0.3, 0.4) is 0 Å². The normalized spacial score (nSPS) is 15.1. The van der Waals surface area contributed by atoms with Crippen molar-refractivity contribution in [2.75, 3.05) is 13.2 Å². The zero-order valence-corrected chi connectivity index (χ0v) is 17.0. The summed E-state index contributed by atoms with van der Waals surface area (Å²) >= 11 is 0. The molecule has 0 N–H and O–H groups in total. The third-order valence-electron chi connectivity index (χ3n) is 5.56. The molecule has 1 atom stereocenters. The van der Waals surface area contributed by atoms with E-state index in [1.54, 1.807) is 37.4 Å². The van der Waals surface area contributed by atoms with Crippen LogP contribution in [0, 0.1) is 5.82 Å². The summed E-state index contributed by atoms with van der Waals surface area (Å²) in [4.78, 5) is 29.5. The Hall–Kier alpha value is -3.74. The van der Waals surface area contributed by atoms with Crippen molar-refractivity contribution in [3.8, 4) is 16.9 Å². The first kappa shape index (κ1) is 19.2. The van der Waals surface area contributed by atoms with E-state index in [-0.39, 0.29) is 18.2 Å². The van der Waals surface area contributed by atoms with Crippen LogP contribution in [0.4, 0.5) is 4.39 Å². The first-order valence-electron chi connectivity index (χ1n) is 10.1. The van der Waals surface area contributed by atoms with Crippen LogP contribution >= 0.6 is 0 Å². The predicted molar refractivity (Wildman–Crippen MR) is 115 cm³/mol. The summed E-state index contributed by atoms with van der Waals surface area (Å²) in [5.74, 6) is -0.586. The molecule has 1 aliphatic rings. The van der Waals surface area contributed by atoms with Crippen molar-refractivity contribution < 1.29 is 18.7 Å². The van der Waals surface area contributed by atoms with Gasteiger partial charge in [-0.3, -0.25) is 9.78 Å². The third kappa shape index (κ3) is 2.96. The molecule has 31 heavy (non-hydrogen) atoms. The van der Waals surface area contributed by atoms with E-state index in [0.29, 0.717) is 45.3 Å². The van der Waals surface area contributed by atoms with Gasteiger partial charge in [0.25, 0.3) is 0 Å². The molecule has 0 aliphatic carbocycles. The summed E-state index contributed by atoms with van der Waals surface area (Å²) in [5, 5.41) is 1.03. The topological polar surface area (TPSA) is 70.4 Å². The van der Waals surface area contributed by atoms with Crippen LogP contribution in [0.5, 0.6) is 5.75 Å². The molecule has 7 heteroatoms. The quantitative estimate of drug-likeness (QED) is 0.459. The number of halogens is 1. The second-order valence-electron chi connectivity index (χ2n) is 7.53. The number of fused-ring (bicyclic) bond motifs is 1. The molecule has 0 unspecified atom stereocenters. The standard InChI is InChI=1S/C24H19FN2O4/c1-3-30-24(29)18-11-27-13(2)12-31-23-16(6-7-17(21(23)27)22(18)28)15-9-14-5-4-8-26-20(14)19(25)10-15/h4-11,13H,3,12H2,1-2H3/t13-/m0/s1. The third-order valence-corrected chi connectivity index (χ3v) is 5.56. The zero-order valence-electron chi connectivity index (χ0n) is 17.0. The fourth-order valence-corrected chi connectivity index (χ4v) is 4.08.